The number of aliphatic carboxylic acids is 1. The van der Waals surface area contributed by atoms with Gasteiger partial charge in [0.2, 0.25) is 0 Å². The number of carboxylic acid groups (broad SMARTS) is 1. The number of benzene rings is 4. The van der Waals surface area contributed by atoms with Crippen molar-refractivity contribution in [3.8, 4) is 45.2 Å². The Kier molecular flexibility index (Phi) is 12.9. The quantitative estimate of drug-likeness (QED) is 0.114. The Hall–Kier alpha value is -4.72. The van der Waals surface area contributed by atoms with Gasteiger partial charge in [0.05, 0.1) is 68.1 Å². The van der Waals surface area contributed by atoms with Crippen LogP contribution >= 0.6 is 11.6 Å². The molecule has 4 aromatic carbocycles. The van der Waals surface area contributed by atoms with Gasteiger partial charge in [0.1, 0.15) is 23.1 Å². The normalized spacial score (nSPS) is 19.8. The molecule has 0 amide bonds. The summed E-state index contributed by atoms with van der Waals surface area (Å²) >= 11 is 7.23. The molecule has 2 aliphatic rings. The number of carboxylic acids is 1. The summed E-state index contributed by atoms with van der Waals surface area (Å²) in [4.78, 5) is 15.4. The first-order chi connectivity index (χ1) is 28.0. The molecule has 11 nitrogen and oxygen atoms in total. The highest BCUT2D eigenvalue weighted by Gasteiger charge is 2.30. The molecule has 0 spiro atoms. The molecule has 0 bridgehead atoms. The van der Waals surface area contributed by atoms with Crippen LogP contribution in [0.2, 0.25) is 5.02 Å². The van der Waals surface area contributed by atoms with E-state index in [2.05, 4.69) is 9.80 Å². The van der Waals surface area contributed by atoms with Crippen LogP contribution in [-0.2, 0) is 22.6 Å². The van der Waals surface area contributed by atoms with E-state index in [0.29, 0.717) is 71.7 Å². The van der Waals surface area contributed by atoms with E-state index in [0.717, 1.165) is 59.0 Å². The molecule has 1 aliphatic heterocycles. The Morgan fingerprint density at radius 2 is 1.52 bits per heavy atom. The van der Waals surface area contributed by atoms with Crippen LogP contribution in [0.4, 0.5) is 4.39 Å². The fraction of sp³-hybridized carbons (Fsp3) is 0.422. The molecular formula is C45H52ClFN4O7. The van der Waals surface area contributed by atoms with E-state index in [9.17, 15) is 15.0 Å². The maximum atomic E-state index is 16.1. The number of fused-ring (bicyclic) bond motifs is 1. The second kappa shape index (κ2) is 18.0. The predicted octanol–water partition coefficient (Wildman–Crippen LogP) is 8.22. The summed E-state index contributed by atoms with van der Waals surface area (Å²) in [7, 11) is 8.74. The molecule has 1 saturated heterocycles. The van der Waals surface area contributed by atoms with Gasteiger partial charge in [0.25, 0.3) is 0 Å². The van der Waals surface area contributed by atoms with Crippen LogP contribution in [0.1, 0.15) is 49.7 Å². The van der Waals surface area contributed by atoms with Gasteiger partial charge in [-0.2, -0.15) is 5.10 Å². The lowest BCUT2D eigenvalue weighted by Gasteiger charge is -2.35. The van der Waals surface area contributed by atoms with Gasteiger partial charge in [-0.3, -0.25) is 14.6 Å². The summed E-state index contributed by atoms with van der Waals surface area (Å²) in [6.07, 6.45) is 5.57. The zero-order valence-electron chi connectivity index (χ0n) is 33.7. The molecule has 5 aromatic rings. The van der Waals surface area contributed by atoms with Crippen LogP contribution in [0.15, 0.2) is 66.9 Å². The summed E-state index contributed by atoms with van der Waals surface area (Å²) in [5.74, 6) is 0.757. The summed E-state index contributed by atoms with van der Waals surface area (Å²) in [6.45, 7) is 1.84. The summed E-state index contributed by atoms with van der Waals surface area (Å²) in [5, 5.41) is 26.0. The molecule has 58 heavy (non-hydrogen) atoms. The van der Waals surface area contributed by atoms with E-state index in [1.807, 2.05) is 79.6 Å². The SMILES string of the molecule is COc1cc(-c2cccc(-c3cccc4c3cnn4-c3cc(OC)c(CN(C)[C@@H]4COCC[C@@H]4O)c(OC)c3)c2Cl)cc(F)c1CN(C)C1CCC(CC(=O)O)CC1. The van der Waals surface area contributed by atoms with Crippen LogP contribution in [0.5, 0.6) is 17.2 Å². The maximum absolute atomic E-state index is 16.1. The smallest absolute Gasteiger partial charge is 0.303 e. The van der Waals surface area contributed by atoms with E-state index >= 15 is 4.39 Å². The van der Waals surface area contributed by atoms with Crippen molar-refractivity contribution in [1.82, 2.24) is 19.6 Å². The number of rotatable bonds is 14. The average molecular weight is 815 g/mol. The van der Waals surface area contributed by atoms with Crippen LogP contribution in [0.3, 0.4) is 0 Å². The van der Waals surface area contributed by atoms with Crippen molar-refractivity contribution in [2.45, 2.75) is 69.8 Å². The Morgan fingerprint density at radius 3 is 2.19 bits per heavy atom. The number of nitrogens with zero attached hydrogens (tertiary/aromatic N) is 4. The number of carbonyl (C=O) groups is 1. The first-order valence-corrected chi connectivity index (χ1v) is 20.1. The average Bonchev–Trinajstić information content (AvgIpc) is 3.66. The lowest BCUT2D eigenvalue weighted by Crippen LogP contribution is -2.47. The van der Waals surface area contributed by atoms with E-state index in [1.165, 1.54) is 6.07 Å². The molecule has 2 heterocycles. The van der Waals surface area contributed by atoms with Crippen molar-refractivity contribution < 1.29 is 38.3 Å². The van der Waals surface area contributed by atoms with Crippen LogP contribution in [0, 0.1) is 11.7 Å². The summed E-state index contributed by atoms with van der Waals surface area (Å²) < 4.78 is 41.1. The van der Waals surface area contributed by atoms with Crippen LogP contribution in [0.25, 0.3) is 38.8 Å². The van der Waals surface area contributed by atoms with Crippen molar-refractivity contribution in [2.75, 3.05) is 48.6 Å². The van der Waals surface area contributed by atoms with Crippen LogP contribution in [-0.4, -0.2) is 103 Å². The van der Waals surface area contributed by atoms with Gasteiger partial charge in [0.15, 0.2) is 0 Å². The van der Waals surface area contributed by atoms with Gasteiger partial charge in [-0.15, -0.1) is 0 Å². The van der Waals surface area contributed by atoms with Gasteiger partial charge < -0.3 is 29.2 Å². The number of hydrogen-bond acceptors (Lipinski definition) is 9. The van der Waals surface area contributed by atoms with Gasteiger partial charge in [-0.1, -0.05) is 41.9 Å². The molecule has 1 saturated carbocycles. The predicted molar refractivity (Wildman–Crippen MR) is 223 cm³/mol. The number of aliphatic hydroxyl groups is 1. The van der Waals surface area contributed by atoms with Crippen molar-refractivity contribution in [2.24, 2.45) is 5.92 Å². The largest absolute Gasteiger partial charge is 0.496 e. The molecule has 2 atom stereocenters. The van der Waals surface area contributed by atoms with Gasteiger partial charge in [-0.05, 0) is 81.4 Å². The number of methoxy groups -OCH3 is 3. The standard InChI is InChI=1S/C45H52ClFN4O7/c1-49(29-14-12-27(13-15-29)18-44(53)54)24-35-37(47)19-28(20-41(35)55-3)31-8-6-10-33(45(31)46)32-9-7-11-38-34(32)23-48-51(38)30-21-42(56-4)36(43(22-30)57-5)25-50(2)39-26-58-17-16-40(39)52/h6-11,19-23,27,29,39-40,52H,12-18,24-26H2,1-5H3,(H,53,54)/t27?,29?,39-,40+/m1/s1. The fourth-order valence-electron chi connectivity index (χ4n) is 8.72. The Balaban J connectivity index is 1.16. The van der Waals surface area contributed by atoms with Crippen LogP contribution < -0.4 is 14.2 Å². The second-order valence-corrected chi connectivity index (χ2v) is 15.9. The van der Waals surface area contributed by atoms with Crippen molar-refractivity contribution in [3.63, 3.8) is 0 Å². The Morgan fingerprint density at radius 1 is 0.879 bits per heavy atom. The highest BCUT2D eigenvalue weighted by molar-refractivity contribution is 6.36. The number of ether oxygens (including phenoxy) is 4. The molecule has 2 N–H and O–H groups in total. The van der Waals surface area contributed by atoms with E-state index < -0.39 is 12.1 Å². The van der Waals surface area contributed by atoms with Gasteiger partial charge >= 0.3 is 5.97 Å². The molecule has 0 radical (unpaired) electrons. The van der Waals surface area contributed by atoms with Crippen molar-refractivity contribution in [3.05, 3.63) is 88.8 Å². The highest BCUT2D eigenvalue weighted by Crippen LogP contribution is 2.42. The molecule has 1 aromatic heterocycles. The third-order valence-electron chi connectivity index (χ3n) is 12.0. The fourth-order valence-corrected chi connectivity index (χ4v) is 9.06. The lowest BCUT2D eigenvalue weighted by molar-refractivity contribution is -0.138. The number of aromatic nitrogens is 2. The first-order valence-electron chi connectivity index (χ1n) is 19.8. The molecule has 1 aliphatic carbocycles. The first kappa shape index (κ1) is 41.4. The van der Waals surface area contributed by atoms with Gasteiger partial charge in [0, 0.05) is 66.4 Å². The minimum absolute atomic E-state index is 0.149. The molecule has 7 rings (SSSR count). The zero-order valence-corrected chi connectivity index (χ0v) is 34.5. The maximum Gasteiger partial charge on any atom is 0.303 e. The summed E-state index contributed by atoms with van der Waals surface area (Å²) in [6, 6.07) is 19.0. The molecule has 2 fully saturated rings. The zero-order chi connectivity index (χ0) is 41.1. The Bertz CT molecular complexity index is 2230. The minimum atomic E-state index is -0.753. The van der Waals surface area contributed by atoms with Crippen molar-refractivity contribution >= 4 is 28.5 Å². The monoisotopic (exact) mass is 814 g/mol. The number of hydrogen-bond donors (Lipinski definition) is 2. The van der Waals surface area contributed by atoms with Gasteiger partial charge in [-0.25, -0.2) is 9.07 Å². The molecule has 308 valence electrons. The second-order valence-electron chi connectivity index (χ2n) is 15.5. The molecule has 13 heteroatoms. The topological polar surface area (TPSA) is 119 Å². The third-order valence-corrected chi connectivity index (χ3v) is 12.4. The number of halogens is 2. The minimum Gasteiger partial charge on any atom is -0.496 e. The highest BCUT2D eigenvalue weighted by atomic mass is 35.5. The number of likely N-dealkylation sites (N-methyl/N-ethyl adjacent to an activating group) is 1. The molecule has 0 unspecified atom stereocenters. The third kappa shape index (κ3) is 8.53. The van der Waals surface area contributed by atoms with E-state index in [4.69, 9.17) is 35.6 Å². The van der Waals surface area contributed by atoms with E-state index in [-0.39, 0.29) is 30.2 Å². The lowest BCUT2D eigenvalue weighted by atomic mass is 9.83. The van der Waals surface area contributed by atoms with Crippen molar-refractivity contribution in [1.29, 1.82) is 0 Å². The Labute approximate surface area is 343 Å². The summed E-state index contributed by atoms with van der Waals surface area (Å²) in [5.41, 5.74) is 5.80. The number of aliphatic hydroxyl groups excluding tert-OH is 1. The van der Waals surface area contributed by atoms with E-state index in [1.54, 1.807) is 21.3 Å². The molecular weight excluding hydrogens is 763 g/mol.